The van der Waals surface area contributed by atoms with Gasteiger partial charge in [-0.3, -0.25) is 4.90 Å². The molecule has 176 valence electrons. The summed E-state index contributed by atoms with van der Waals surface area (Å²) in [5, 5.41) is 16.2. The molecule has 8 nitrogen and oxygen atoms in total. The van der Waals surface area contributed by atoms with Crippen LogP contribution in [0.25, 0.3) is 0 Å². The van der Waals surface area contributed by atoms with Gasteiger partial charge >= 0.3 is 11.9 Å². The lowest BCUT2D eigenvalue weighted by Crippen LogP contribution is -2.46. The van der Waals surface area contributed by atoms with Gasteiger partial charge in [0.1, 0.15) is 0 Å². The van der Waals surface area contributed by atoms with E-state index in [1.807, 2.05) is 18.2 Å². The normalized spacial score (nSPS) is 20.1. The minimum Gasteiger partial charge on any atom is -0.478 e. The van der Waals surface area contributed by atoms with Crippen molar-refractivity contribution >= 4 is 33.4 Å². The molecule has 2 aliphatic heterocycles. The van der Waals surface area contributed by atoms with Crippen LogP contribution in [0.15, 0.2) is 64.4 Å². The third kappa shape index (κ3) is 6.00. The third-order valence-corrected chi connectivity index (χ3v) is 7.81. The monoisotopic (exact) mass is 492 g/mol. The van der Waals surface area contributed by atoms with Crippen LogP contribution < -0.4 is 0 Å². The van der Waals surface area contributed by atoms with Crippen molar-refractivity contribution in [2.24, 2.45) is 0 Å². The summed E-state index contributed by atoms with van der Waals surface area (Å²) in [7, 11) is -1.41. The molecule has 0 bridgehead atoms. The standard InChI is InChI=1S/C19H21ClN2O2S.C4H4O4/c1-21-8-10-22(11-9-21)17-12-14-4-2-3-5-18(14)25(23,24)19-7-6-15(20)13-16(17)19;5-3(6)1-2-4(7)8/h2-7,13,17H,8-12H2,1H3;1-2H,(H,5,6)(H,7,8)/b;2-1+. The van der Waals surface area contributed by atoms with Gasteiger partial charge in [0.15, 0.2) is 0 Å². The van der Waals surface area contributed by atoms with E-state index in [-0.39, 0.29) is 6.04 Å². The minimum atomic E-state index is -3.53. The maximum absolute atomic E-state index is 13.2. The summed E-state index contributed by atoms with van der Waals surface area (Å²) >= 11 is 6.24. The molecular formula is C23H25ClN2O6S. The average Bonchev–Trinajstić information content (AvgIpc) is 2.86. The fourth-order valence-electron chi connectivity index (χ4n) is 4.00. The number of piperazine rings is 1. The minimum absolute atomic E-state index is 0.0285. The number of likely N-dealkylation sites (N-methyl/N-ethyl adjacent to an activating group) is 1. The summed E-state index contributed by atoms with van der Waals surface area (Å²) in [6, 6.07) is 12.6. The first-order valence-corrected chi connectivity index (χ1v) is 12.1. The quantitative estimate of drug-likeness (QED) is 0.628. The molecule has 0 amide bonds. The maximum atomic E-state index is 13.2. The molecule has 10 heteroatoms. The van der Waals surface area contributed by atoms with Crippen LogP contribution in [0.5, 0.6) is 0 Å². The van der Waals surface area contributed by atoms with Crippen LogP contribution in [0.3, 0.4) is 0 Å². The Kier molecular flexibility index (Phi) is 7.91. The molecule has 0 spiro atoms. The zero-order chi connectivity index (χ0) is 24.2. The number of rotatable bonds is 3. The number of carbonyl (C=O) groups is 2. The molecule has 2 aromatic rings. The fraction of sp³-hybridized carbons (Fsp3) is 0.304. The van der Waals surface area contributed by atoms with E-state index in [2.05, 4.69) is 16.8 Å². The first-order valence-electron chi connectivity index (χ1n) is 10.3. The Labute approximate surface area is 197 Å². The highest BCUT2D eigenvalue weighted by Crippen LogP contribution is 2.40. The largest absolute Gasteiger partial charge is 0.478 e. The molecule has 0 aliphatic carbocycles. The summed E-state index contributed by atoms with van der Waals surface area (Å²) in [6.45, 7) is 3.83. The van der Waals surface area contributed by atoms with Gasteiger partial charge < -0.3 is 15.1 Å². The van der Waals surface area contributed by atoms with Crippen molar-refractivity contribution in [3.63, 3.8) is 0 Å². The number of fused-ring (bicyclic) bond motifs is 2. The Balaban J connectivity index is 0.000000331. The highest BCUT2D eigenvalue weighted by atomic mass is 35.5. The number of halogens is 1. The zero-order valence-electron chi connectivity index (χ0n) is 18.0. The Morgan fingerprint density at radius 3 is 2.18 bits per heavy atom. The second kappa shape index (κ2) is 10.5. The van der Waals surface area contributed by atoms with Gasteiger partial charge in [-0.2, -0.15) is 0 Å². The summed E-state index contributed by atoms with van der Waals surface area (Å²) in [6.07, 6.45) is 1.80. The topological polar surface area (TPSA) is 115 Å². The average molecular weight is 493 g/mol. The first-order chi connectivity index (χ1) is 15.6. The Bertz CT molecular complexity index is 1160. The number of aliphatic carboxylic acids is 2. The van der Waals surface area contributed by atoms with Crippen LogP contribution in [-0.2, 0) is 25.8 Å². The maximum Gasteiger partial charge on any atom is 0.328 e. The van der Waals surface area contributed by atoms with Crippen LogP contribution in [0.4, 0.5) is 0 Å². The molecule has 4 rings (SSSR count). The number of benzene rings is 2. The van der Waals surface area contributed by atoms with Gasteiger partial charge in [-0.05, 0) is 48.9 Å². The van der Waals surface area contributed by atoms with Crippen LogP contribution in [0.1, 0.15) is 17.2 Å². The lowest BCUT2D eigenvalue weighted by molar-refractivity contribution is -0.134. The Hall–Kier alpha value is -2.72. The summed E-state index contributed by atoms with van der Waals surface area (Å²) in [5.41, 5.74) is 1.71. The fourth-order valence-corrected chi connectivity index (χ4v) is 5.92. The van der Waals surface area contributed by atoms with Crippen molar-refractivity contribution in [2.75, 3.05) is 33.2 Å². The van der Waals surface area contributed by atoms with Crippen LogP contribution in [-0.4, -0.2) is 73.6 Å². The van der Waals surface area contributed by atoms with E-state index in [1.165, 1.54) is 0 Å². The van der Waals surface area contributed by atoms with Crippen LogP contribution in [0, 0.1) is 0 Å². The molecular weight excluding hydrogens is 468 g/mol. The Morgan fingerprint density at radius 2 is 1.58 bits per heavy atom. The molecule has 1 fully saturated rings. The molecule has 1 saturated heterocycles. The molecule has 0 aromatic heterocycles. The van der Waals surface area contributed by atoms with Gasteiger partial charge in [-0.25, -0.2) is 18.0 Å². The third-order valence-electron chi connectivity index (χ3n) is 5.64. The van der Waals surface area contributed by atoms with Crippen molar-refractivity contribution in [2.45, 2.75) is 22.3 Å². The lowest BCUT2D eigenvalue weighted by Gasteiger charge is -2.38. The number of hydrogen-bond acceptors (Lipinski definition) is 6. The van der Waals surface area contributed by atoms with Gasteiger partial charge in [0.05, 0.1) is 9.79 Å². The number of nitrogens with zero attached hydrogens (tertiary/aromatic N) is 2. The molecule has 1 atom stereocenters. The zero-order valence-corrected chi connectivity index (χ0v) is 19.6. The summed E-state index contributed by atoms with van der Waals surface area (Å²) in [5.74, 6) is -2.51. The smallest absolute Gasteiger partial charge is 0.328 e. The molecule has 2 aromatic carbocycles. The predicted molar refractivity (Wildman–Crippen MR) is 123 cm³/mol. The highest BCUT2D eigenvalue weighted by molar-refractivity contribution is 7.91. The second-order valence-electron chi connectivity index (χ2n) is 7.86. The van der Waals surface area contributed by atoms with Gasteiger partial charge in [-0.1, -0.05) is 29.8 Å². The van der Waals surface area contributed by atoms with E-state index in [0.717, 1.165) is 37.3 Å². The van der Waals surface area contributed by atoms with Crippen LogP contribution in [0.2, 0.25) is 5.02 Å². The number of sulfone groups is 1. The van der Waals surface area contributed by atoms with E-state index >= 15 is 0 Å². The molecule has 0 saturated carbocycles. The summed E-state index contributed by atoms with van der Waals surface area (Å²) < 4.78 is 26.5. The molecule has 2 heterocycles. The molecule has 33 heavy (non-hydrogen) atoms. The van der Waals surface area contributed by atoms with Gasteiger partial charge in [-0.15, -0.1) is 0 Å². The van der Waals surface area contributed by atoms with Crippen molar-refractivity contribution < 1.29 is 28.2 Å². The SMILES string of the molecule is CN1CCN(C2Cc3ccccc3S(=O)(=O)c3ccc(Cl)cc32)CC1.O=C(O)/C=C/C(=O)O. The first kappa shape index (κ1) is 24.9. The van der Waals surface area contributed by atoms with Crippen molar-refractivity contribution in [1.82, 2.24) is 9.80 Å². The van der Waals surface area contributed by atoms with Gasteiger partial charge in [0.2, 0.25) is 9.84 Å². The van der Waals surface area contributed by atoms with Gasteiger partial charge in [0.25, 0.3) is 0 Å². The highest BCUT2D eigenvalue weighted by Gasteiger charge is 2.35. The van der Waals surface area contributed by atoms with E-state index in [9.17, 15) is 18.0 Å². The van der Waals surface area contributed by atoms with Crippen LogP contribution >= 0.6 is 11.6 Å². The second-order valence-corrected chi connectivity index (χ2v) is 10.2. The van der Waals surface area contributed by atoms with Crippen molar-refractivity contribution in [3.8, 4) is 0 Å². The van der Waals surface area contributed by atoms with Crippen molar-refractivity contribution in [1.29, 1.82) is 0 Å². The van der Waals surface area contributed by atoms with Crippen molar-refractivity contribution in [3.05, 3.63) is 70.8 Å². The summed E-state index contributed by atoms with van der Waals surface area (Å²) in [4.78, 5) is 24.6. The molecule has 2 N–H and O–H groups in total. The van der Waals surface area contributed by atoms with Gasteiger partial charge in [0, 0.05) is 49.4 Å². The molecule has 0 radical (unpaired) electrons. The number of hydrogen-bond donors (Lipinski definition) is 2. The van der Waals surface area contributed by atoms with E-state index in [1.54, 1.807) is 24.3 Å². The molecule has 1 unspecified atom stereocenters. The Morgan fingerprint density at radius 1 is 0.970 bits per heavy atom. The lowest BCUT2D eigenvalue weighted by atomic mass is 9.96. The molecule has 2 aliphatic rings. The predicted octanol–water partition coefficient (Wildman–Crippen LogP) is 2.73. The number of carboxylic acid groups (broad SMARTS) is 2. The van der Waals surface area contributed by atoms with E-state index < -0.39 is 21.8 Å². The number of carboxylic acids is 2. The van der Waals surface area contributed by atoms with E-state index in [0.29, 0.717) is 33.4 Å². The van der Waals surface area contributed by atoms with E-state index in [4.69, 9.17) is 21.8 Å².